The van der Waals surface area contributed by atoms with Crippen molar-refractivity contribution in [1.82, 2.24) is 0 Å². The zero-order valence-corrected chi connectivity index (χ0v) is 13.9. The van der Waals surface area contributed by atoms with Crippen molar-refractivity contribution in [3.05, 3.63) is 76.3 Å². The van der Waals surface area contributed by atoms with Gasteiger partial charge in [0.15, 0.2) is 0 Å². The van der Waals surface area contributed by atoms with Gasteiger partial charge in [-0.25, -0.2) is 0 Å². The summed E-state index contributed by atoms with van der Waals surface area (Å²) < 4.78 is 6.51. The highest BCUT2D eigenvalue weighted by molar-refractivity contribution is 9.10. The van der Waals surface area contributed by atoms with Gasteiger partial charge in [-0.15, -0.1) is 0 Å². The second-order valence-electron chi connectivity index (χ2n) is 4.64. The fourth-order valence-electron chi connectivity index (χ4n) is 2.00. The molecular weight excluding hydrogens is 352 g/mol. The van der Waals surface area contributed by atoms with Gasteiger partial charge in [-0.1, -0.05) is 40.7 Å². The third kappa shape index (κ3) is 4.32. The van der Waals surface area contributed by atoms with Gasteiger partial charge in [-0.2, -0.15) is 10.5 Å². The van der Waals surface area contributed by atoms with Gasteiger partial charge >= 0.3 is 0 Å². The molecule has 0 aliphatic rings. The maximum absolute atomic E-state index is 9.47. The molecule has 0 N–H and O–H groups in total. The Kier molecular flexibility index (Phi) is 5.74. The van der Waals surface area contributed by atoms with E-state index in [1.807, 2.05) is 18.2 Å². The zero-order valence-electron chi connectivity index (χ0n) is 12.3. The van der Waals surface area contributed by atoms with E-state index in [1.165, 1.54) is 0 Å². The van der Waals surface area contributed by atoms with Crippen LogP contribution in [-0.2, 0) is 0 Å². The Morgan fingerprint density at radius 2 is 2.04 bits per heavy atom. The van der Waals surface area contributed by atoms with Gasteiger partial charge in [0, 0.05) is 10.0 Å². The SMILES string of the molecule is C=CCOc1ccc(Br)cc1C=C(C#N)c1cccc(C#N)c1. The highest BCUT2D eigenvalue weighted by atomic mass is 79.9. The molecule has 0 aromatic heterocycles. The maximum atomic E-state index is 9.47. The lowest BCUT2D eigenvalue weighted by Gasteiger charge is -2.09. The molecular formula is C19H13BrN2O. The van der Waals surface area contributed by atoms with Crippen LogP contribution < -0.4 is 4.74 Å². The van der Waals surface area contributed by atoms with Crippen molar-refractivity contribution in [3.8, 4) is 17.9 Å². The van der Waals surface area contributed by atoms with Crippen molar-refractivity contribution in [2.75, 3.05) is 6.61 Å². The molecule has 0 aliphatic carbocycles. The number of ether oxygens (including phenoxy) is 1. The van der Waals surface area contributed by atoms with Crippen LogP contribution in [0.1, 0.15) is 16.7 Å². The molecule has 0 fully saturated rings. The molecule has 0 amide bonds. The topological polar surface area (TPSA) is 56.8 Å². The Hall–Kier alpha value is -2.82. The van der Waals surface area contributed by atoms with Crippen LogP contribution in [0.2, 0.25) is 0 Å². The molecule has 3 nitrogen and oxygen atoms in total. The largest absolute Gasteiger partial charge is 0.489 e. The van der Waals surface area contributed by atoms with Crippen LogP contribution in [0.4, 0.5) is 0 Å². The first-order valence-electron chi connectivity index (χ1n) is 6.83. The lowest BCUT2D eigenvalue weighted by atomic mass is 10.0. The Bertz CT molecular complexity index is 841. The number of benzene rings is 2. The second-order valence-corrected chi connectivity index (χ2v) is 5.56. The molecule has 2 rings (SSSR count). The maximum Gasteiger partial charge on any atom is 0.127 e. The van der Waals surface area contributed by atoms with E-state index in [0.29, 0.717) is 29.1 Å². The van der Waals surface area contributed by atoms with E-state index in [1.54, 1.807) is 36.4 Å². The smallest absolute Gasteiger partial charge is 0.127 e. The minimum atomic E-state index is 0.383. The summed E-state index contributed by atoms with van der Waals surface area (Å²) in [6, 6.07) is 16.8. The molecule has 0 spiro atoms. The van der Waals surface area contributed by atoms with E-state index in [0.717, 1.165) is 10.0 Å². The van der Waals surface area contributed by atoms with Gasteiger partial charge in [0.25, 0.3) is 0 Å². The molecule has 0 radical (unpaired) electrons. The minimum absolute atomic E-state index is 0.383. The Labute approximate surface area is 143 Å². The third-order valence-corrected chi connectivity index (χ3v) is 3.54. The minimum Gasteiger partial charge on any atom is -0.489 e. The van der Waals surface area contributed by atoms with Gasteiger partial charge < -0.3 is 4.74 Å². The zero-order chi connectivity index (χ0) is 16.7. The number of rotatable bonds is 5. The van der Waals surface area contributed by atoms with Crippen molar-refractivity contribution in [2.45, 2.75) is 0 Å². The van der Waals surface area contributed by atoms with Crippen LogP contribution in [0.15, 0.2) is 59.6 Å². The van der Waals surface area contributed by atoms with Crippen molar-refractivity contribution >= 4 is 27.6 Å². The van der Waals surface area contributed by atoms with Crippen molar-refractivity contribution in [2.24, 2.45) is 0 Å². The Morgan fingerprint density at radius 3 is 2.74 bits per heavy atom. The second kappa shape index (κ2) is 7.98. The molecule has 0 atom stereocenters. The van der Waals surface area contributed by atoms with Gasteiger partial charge in [-0.3, -0.25) is 0 Å². The molecule has 23 heavy (non-hydrogen) atoms. The number of allylic oxidation sites excluding steroid dienone is 1. The van der Waals surface area contributed by atoms with Crippen LogP contribution >= 0.6 is 15.9 Å². The normalized spacial score (nSPS) is 10.5. The van der Waals surface area contributed by atoms with E-state index in [4.69, 9.17) is 10.00 Å². The van der Waals surface area contributed by atoms with Crippen molar-refractivity contribution in [1.29, 1.82) is 10.5 Å². The van der Waals surface area contributed by atoms with E-state index in [-0.39, 0.29) is 0 Å². The first-order chi connectivity index (χ1) is 11.2. The van der Waals surface area contributed by atoms with Gasteiger partial charge in [0.1, 0.15) is 12.4 Å². The third-order valence-electron chi connectivity index (χ3n) is 3.05. The van der Waals surface area contributed by atoms with Gasteiger partial charge in [-0.05, 0) is 42.0 Å². The molecule has 0 saturated carbocycles. The number of nitriles is 2. The number of hydrogen-bond acceptors (Lipinski definition) is 3. The Balaban J connectivity index is 2.49. The monoisotopic (exact) mass is 364 g/mol. The lowest BCUT2D eigenvalue weighted by molar-refractivity contribution is 0.362. The molecule has 0 aliphatic heterocycles. The molecule has 112 valence electrons. The molecule has 2 aromatic rings. The number of nitrogens with zero attached hydrogens (tertiary/aromatic N) is 2. The average molecular weight is 365 g/mol. The quantitative estimate of drug-likeness (QED) is 0.428. The van der Waals surface area contributed by atoms with Crippen LogP contribution in [0, 0.1) is 22.7 Å². The summed E-state index contributed by atoms with van der Waals surface area (Å²) >= 11 is 3.42. The summed E-state index contributed by atoms with van der Waals surface area (Å²) in [6.45, 7) is 4.02. The van der Waals surface area contributed by atoms with E-state index < -0.39 is 0 Å². The average Bonchev–Trinajstić information content (AvgIpc) is 2.59. The first kappa shape index (κ1) is 16.5. The Morgan fingerprint density at radius 1 is 1.22 bits per heavy atom. The summed E-state index contributed by atoms with van der Waals surface area (Å²) in [4.78, 5) is 0. The van der Waals surface area contributed by atoms with Crippen molar-refractivity contribution in [3.63, 3.8) is 0 Å². The van der Waals surface area contributed by atoms with Crippen LogP contribution in [0.3, 0.4) is 0 Å². The van der Waals surface area contributed by atoms with Gasteiger partial charge in [0.2, 0.25) is 0 Å². The van der Waals surface area contributed by atoms with Crippen LogP contribution in [0.5, 0.6) is 5.75 Å². The molecule has 0 unspecified atom stereocenters. The van der Waals surface area contributed by atoms with Crippen molar-refractivity contribution < 1.29 is 4.74 Å². The summed E-state index contributed by atoms with van der Waals surface area (Å²) in [5.74, 6) is 0.664. The fraction of sp³-hybridized carbons (Fsp3) is 0.0526. The summed E-state index contributed by atoms with van der Waals surface area (Å²) in [5, 5.41) is 18.5. The molecule has 0 heterocycles. The van der Waals surface area contributed by atoms with E-state index in [2.05, 4.69) is 34.6 Å². The standard InChI is InChI=1S/C19H13BrN2O/c1-2-8-23-19-7-6-18(20)11-16(19)10-17(13-22)15-5-3-4-14(9-15)12-21/h2-7,9-11H,1,8H2. The summed E-state index contributed by atoms with van der Waals surface area (Å²) in [7, 11) is 0. The summed E-state index contributed by atoms with van der Waals surface area (Å²) in [5.41, 5.74) is 2.45. The van der Waals surface area contributed by atoms with Crippen LogP contribution in [0.25, 0.3) is 11.6 Å². The highest BCUT2D eigenvalue weighted by Gasteiger charge is 2.07. The predicted octanol–water partition coefficient (Wildman–Crippen LogP) is 4.95. The van der Waals surface area contributed by atoms with E-state index in [9.17, 15) is 5.26 Å². The molecule has 0 saturated heterocycles. The molecule has 2 aromatic carbocycles. The predicted molar refractivity (Wildman–Crippen MR) is 94.5 cm³/mol. The van der Waals surface area contributed by atoms with E-state index >= 15 is 0 Å². The fourth-order valence-corrected chi connectivity index (χ4v) is 2.38. The number of halogens is 1. The van der Waals surface area contributed by atoms with Gasteiger partial charge in [0.05, 0.1) is 23.3 Å². The van der Waals surface area contributed by atoms with Crippen LogP contribution in [-0.4, -0.2) is 6.61 Å². The summed E-state index contributed by atoms with van der Waals surface area (Å²) in [6.07, 6.45) is 3.41. The highest BCUT2D eigenvalue weighted by Crippen LogP contribution is 2.28. The lowest BCUT2D eigenvalue weighted by Crippen LogP contribution is -1.95. The number of hydrogen-bond donors (Lipinski definition) is 0. The first-order valence-corrected chi connectivity index (χ1v) is 7.63. The molecule has 0 bridgehead atoms. The molecule has 4 heteroatoms.